The molecule has 0 bridgehead atoms. The van der Waals surface area contributed by atoms with Crippen LogP contribution in [0.5, 0.6) is 0 Å². The molecule has 19 heavy (non-hydrogen) atoms. The van der Waals surface area contributed by atoms with Crippen LogP contribution in [-0.4, -0.2) is 12.0 Å². The molecule has 0 fully saturated rings. The summed E-state index contributed by atoms with van der Waals surface area (Å²) in [4.78, 5) is 10.4. The van der Waals surface area contributed by atoms with Gasteiger partial charge < -0.3 is 5.32 Å². The number of halogens is 1. The lowest BCUT2D eigenvalue weighted by atomic mass is 10.0. The molecule has 0 aromatic heterocycles. The van der Waals surface area contributed by atoms with Gasteiger partial charge in [-0.2, -0.15) is 0 Å². The third-order valence-corrected chi connectivity index (χ3v) is 3.17. The lowest BCUT2D eigenvalue weighted by molar-refractivity contribution is -0.384. The maximum atomic E-state index is 10.8. The Hall–Kier alpha value is -1.91. The van der Waals surface area contributed by atoms with Crippen LogP contribution in [0.4, 0.5) is 5.69 Å². The van der Waals surface area contributed by atoms with Crippen molar-refractivity contribution in [3.05, 3.63) is 63.2 Å². The monoisotopic (exact) mass is 276 g/mol. The minimum absolute atomic E-state index is 0.0858. The molecule has 2 aromatic carbocycles. The molecule has 0 saturated carbocycles. The summed E-state index contributed by atoms with van der Waals surface area (Å²) >= 11 is 6.10. The van der Waals surface area contributed by atoms with Gasteiger partial charge in [0.05, 0.1) is 4.92 Å². The zero-order valence-electron chi connectivity index (χ0n) is 10.4. The number of rotatable bonds is 4. The molecule has 4 nitrogen and oxygen atoms in total. The fraction of sp³-hybridized carbons (Fsp3) is 0.143. The van der Waals surface area contributed by atoms with E-state index in [4.69, 9.17) is 11.6 Å². The molecule has 0 spiro atoms. The molecular weight excluding hydrogens is 264 g/mol. The predicted octanol–water partition coefficient (Wildman–Crippen LogP) is 3.63. The van der Waals surface area contributed by atoms with Gasteiger partial charge >= 0.3 is 0 Å². The van der Waals surface area contributed by atoms with Crippen molar-refractivity contribution in [3.8, 4) is 11.1 Å². The van der Waals surface area contributed by atoms with Gasteiger partial charge in [0.25, 0.3) is 5.69 Å². The fourth-order valence-electron chi connectivity index (χ4n) is 1.88. The molecule has 0 amide bonds. The Bertz CT molecular complexity index is 614. The molecule has 0 radical (unpaired) electrons. The van der Waals surface area contributed by atoms with E-state index in [0.717, 1.165) is 16.7 Å². The molecule has 1 N–H and O–H groups in total. The second kappa shape index (κ2) is 5.82. The SMILES string of the molecule is CNCc1cc(-c2cccc([N+](=O)[O-])c2)ccc1Cl. The van der Waals surface area contributed by atoms with Gasteiger partial charge in [-0.25, -0.2) is 0 Å². The summed E-state index contributed by atoms with van der Waals surface area (Å²) in [5.41, 5.74) is 2.78. The third-order valence-electron chi connectivity index (χ3n) is 2.80. The Kier molecular flexibility index (Phi) is 4.14. The first-order valence-electron chi connectivity index (χ1n) is 5.79. The standard InChI is InChI=1S/C14H13ClN2O2/c1-16-9-12-7-11(5-6-14(12)15)10-3-2-4-13(8-10)17(18)19/h2-8,16H,9H2,1H3. The number of hydrogen-bond acceptors (Lipinski definition) is 3. The first-order valence-corrected chi connectivity index (χ1v) is 6.17. The highest BCUT2D eigenvalue weighted by molar-refractivity contribution is 6.31. The average Bonchev–Trinajstić information content (AvgIpc) is 2.41. The van der Waals surface area contributed by atoms with E-state index < -0.39 is 4.92 Å². The van der Waals surface area contributed by atoms with Gasteiger partial charge in [-0.15, -0.1) is 0 Å². The van der Waals surface area contributed by atoms with E-state index in [1.807, 2.05) is 31.3 Å². The summed E-state index contributed by atoms with van der Waals surface area (Å²) in [6.07, 6.45) is 0. The summed E-state index contributed by atoms with van der Waals surface area (Å²) in [5, 5.41) is 14.5. The third kappa shape index (κ3) is 3.10. The topological polar surface area (TPSA) is 55.2 Å². The molecule has 98 valence electrons. The molecule has 0 aliphatic heterocycles. The van der Waals surface area contributed by atoms with Crippen molar-refractivity contribution in [2.45, 2.75) is 6.54 Å². The van der Waals surface area contributed by atoms with Crippen LogP contribution in [0, 0.1) is 10.1 Å². The molecule has 0 unspecified atom stereocenters. The van der Waals surface area contributed by atoms with E-state index in [-0.39, 0.29) is 5.69 Å². The molecule has 2 aromatic rings. The Morgan fingerprint density at radius 2 is 1.95 bits per heavy atom. The van der Waals surface area contributed by atoms with E-state index in [0.29, 0.717) is 11.6 Å². The molecule has 5 heteroatoms. The lowest BCUT2D eigenvalue weighted by Gasteiger charge is -2.07. The lowest BCUT2D eigenvalue weighted by Crippen LogP contribution is -2.05. The van der Waals surface area contributed by atoms with E-state index in [1.165, 1.54) is 6.07 Å². The van der Waals surface area contributed by atoms with Crippen molar-refractivity contribution in [3.63, 3.8) is 0 Å². The Balaban J connectivity index is 2.44. The van der Waals surface area contributed by atoms with Crippen LogP contribution in [0.2, 0.25) is 5.02 Å². The van der Waals surface area contributed by atoms with Gasteiger partial charge in [-0.1, -0.05) is 29.8 Å². The van der Waals surface area contributed by atoms with Crippen molar-refractivity contribution in [2.75, 3.05) is 7.05 Å². The average molecular weight is 277 g/mol. The maximum Gasteiger partial charge on any atom is 0.270 e. The highest BCUT2D eigenvalue weighted by atomic mass is 35.5. The van der Waals surface area contributed by atoms with Crippen LogP contribution < -0.4 is 5.32 Å². The second-order valence-corrected chi connectivity index (χ2v) is 4.55. The molecule has 0 aliphatic carbocycles. The molecular formula is C14H13ClN2O2. The van der Waals surface area contributed by atoms with Crippen molar-refractivity contribution in [1.82, 2.24) is 5.32 Å². The van der Waals surface area contributed by atoms with Gasteiger partial charge in [0.15, 0.2) is 0 Å². The summed E-state index contributed by atoms with van der Waals surface area (Å²) in [6, 6.07) is 12.2. The van der Waals surface area contributed by atoms with E-state index in [9.17, 15) is 10.1 Å². The predicted molar refractivity (Wildman–Crippen MR) is 76.3 cm³/mol. The van der Waals surface area contributed by atoms with Crippen LogP contribution in [-0.2, 0) is 6.54 Å². The molecule has 2 rings (SSSR count). The first-order chi connectivity index (χ1) is 9.11. The summed E-state index contributed by atoms with van der Waals surface area (Å²) in [7, 11) is 1.84. The second-order valence-electron chi connectivity index (χ2n) is 4.14. The number of nitrogens with one attached hydrogen (secondary N) is 1. The van der Waals surface area contributed by atoms with Gasteiger partial charge in [0, 0.05) is 23.7 Å². The first kappa shape index (κ1) is 13.5. The molecule has 0 saturated heterocycles. The number of nitrogens with zero attached hydrogens (tertiary/aromatic N) is 1. The number of nitro groups is 1. The van der Waals surface area contributed by atoms with Crippen LogP contribution in [0.15, 0.2) is 42.5 Å². The smallest absolute Gasteiger partial charge is 0.270 e. The number of benzene rings is 2. The molecule has 0 heterocycles. The minimum atomic E-state index is -0.395. The zero-order valence-corrected chi connectivity index (χ0v) is 11.1. The van der Waals surface area contributed by atoms with Crippen molar-refractivity contribution >= 4 is 17.3 Å². The summed E-state index contributed by atoms with van der Waals surface area (Å²) in [5.74, 6) is 0. The van der Waals surface area contributed by atoms with Crippen molar-refractivity contribution in [1.29, 1.82) is 0 Å². The normalized spacial score (nSPS) is 10.4. The quantitative estimate of drug-likeness (QED) is 0.685. The highest BCUT2D eigenvalue weighted by Gasteiger charge is 2.08. The van der Waals surface area contributed by atoms with E-state index in [1.54, 1.807) is 12.1 Å². The number of hydrogen-bond donors (Lipinski definition) is 1. The van der Waals surface area contributed by atoms with Crippen molar-refractivity contribution in [2.24, 2.45) is 0 Å². The fourth-order valence-corrected chi connectivity index (χ4v) is 2.06. The van der Waals surface area contributed by atoms with Gasteiger partial charge in [0.2, 0.25) is 0 Å². The zero-order chi connectivity index (χ0) is 13.8. The van der Waals surface area contributed by atoms with Gasteiger partial charge in [0.1, 0.15) is 0 Å². The van der Waals surface area contributed by atoms with Gasteiger partial charge in [-0.3, -0.25) is 10.1 Å². The molecule has 0 aliphatic rings. The molecule has 0 atom stereocenters. The van der Waals surface area contributed by atoms with Crippen LogP contribution >= 0.6 is 11.6 Å². The number of nitro benzene ring substituents is 1. The van der Waals surface area contributed by atoms with E-state index in [2.05, 4.69) is 5.32 Å². The van der Waals surface area contributed by atoms with Crippen LogP contribution in [0.1, 0.15) is 5.56 Å². The maximum absolute atomic E-state index is 10.8. The van der Waals surface area contributed by atoms with Crippen LogP contribution in [0.25, 0.3) is 11.1 Å². The number of non-ortho nitro benzene ring substituents is 1. The van der Waals surface area contributed by atoms with Crippen LogP contribution in [0.3, 0.4) is 0 Å². The van der Waals surface area contributed by atoms with E-state index >= 15 is 0 Å². The van der Waals surface area contributed by atoms with Crippen molar-refractivity contribution < 1.29 is 4.92 Å². The Labute approximate surface area is 116 Å². The van der Waals surface area contributed by atoms with Gasteiger partial charge in [-0.05, 0) is 35.9 Å². The Morgan fingerprint density at radius 1 is 1.21 bits per heavy atom. The minimum Gasteiger partial charge on any atom is -0.316 e. The summed E-state index contributed by atoms with van der Waals surface area (Å²) < 4.78 is 0. The highest BCUT2D eigenvalue weighted by Crippen LogP contribution is 2.27. The largest absolute Gasteiger partial charge is 0.316 e. The summed E-state index contributed by atoms with van der Waals surface area (Å²) in [6.45, 7) is 0.654. The Morgan fingerprint density at radius 3 is 2.63 bits per heavy atom.